The highest BCUT2D eigenvalue weighted by Crippen LogP contribution is 2.31. The molecule has 1 heterocycles. The van der Waals surface area contributed by atoms with Gasteiger partial charge in [-0.3, -0.25) is 0 Å². The smallest absolute Gasteiger partial charge is 0.144 e. The van der Waals surface area contributed by atoms with Crippen molar-refractivity contribution in [1.29, 1.82) is 0 Å². The summed E-state index contributed by atoms with van der Waals surface area (Å²) in [4.78, 5) is 0. The van der Waals surface area contributed by atoms with Gasteiger partial charge in [-0.1, -0.05) is 6.07 Å². The van der Waals surface area contributed by atoms with E-state index in [-0.39, 0.29) is 0 Å². The Morgan fingerprint density at radius 1 is 1.39 bits per heavy atom. The Balaban J connectivity index is 2.57. The zero-order chi connectivity index (χ0) is 13.3. The molecule has 2 N–H and O–H groups in total. The van der Waals surface area contributed by atoms with Crippen LogP contribution in [0.2, 0.25) is 0 Å². The highest BCUT2D eigenvalue weighted by Gasteiger charge is 2.14. The van der Waals surface area contributed by atoms with Crippen LogP contribution in [0.1, 0.15) is 18.3 Å². The van der Waals surface area contributed by atoms with Crippen LogP contribution in [0.3, 0.4) is 0 Å². The molecule has 0 saturated carbocycles. The molecule has 2 rings (SSSR count). The summed E-state index contributed by atoms with van der Waals surface area (Å²) >= 11 is 3.52. The van der Waals surface area contributed by atoms with Crippen molar-refractivity contribution in [2.24, 2.45) is 0 Å². The SMILES string of the molecule is CCOc1cccc(-n2nc(C)c(Br)c2C)c1N. The van der Waals surface area contributed by atoms with Crippen LogP contribution >= 0.6 is 15.9 Å². The maximum atomic E-state index is 6.13. The first kappa shape index (κ1) is 13.0. The minimum atomic E-state index is 0.592. The van der Waals surface area contributed by atoms with Crippen molar-refractivity contribution in [2.75, 3.05) is 12.3 Å². The summed E-state index contributed by atoms with van der Waals surface area (Å²) in [5, 5.41) is 4.48. The molecule has 18 heavy (non-hydrogen) atoms. The second-order valence-corrected chi connectivity index (χ2v) is 4.81. The van der Waals surface area contributed by atoms with E-state index >= 15 is 0 Å². The van der Waals surface area contributed by atoms with Crippen LogP contribution in [0.5, 0.6) is 5.75 Å². The maximum Gasteiger partial charge on any atom is 0.144 e. The maximum absolute atomic E-state index is 6.13. The van der Waals surface area contributed by atoms with E-state index in [0.717, 1.165) is 21.5 Å². The topological polar surface area (TPSA) is 53.1 Å². The largest absolute Gasteiger partial charge is 0.492 e. The fourth-order valence-corrected chi connectivity index (χ4v) is 2.10. The summed E-state index contributed by atoms with van der Waals surface area (Å²) in [6.45, 7) is 6.48. The Labute approximate surface area is 115 Å². The quantitative estimate of drug-likeness (QED) is 0.886. The van der Waals surface area contributed by atoms with Gasteiger partial charge in [0.1, 0.15) is 11.4 Å². The number of para-hydroxylation sites is 1. The number of ether oxygens (including phenoxy) is 1. The van der Waals surface area contributed by atoms with Gasteiger partial charge in [-0.15, -0.1) is 0 Å². The Morgan fingerprint density at radius 2 is 2.11 bits per heavy atom. The predicted molar refractivity (Wildman–Crippen MR) is 76.3 cm³/mol. The Bertz CT molecular complexity index is 578. The van der Waals surface area contributed by atoms with E-state index in [1.807, 2.05) is 43.7 Å². The zero-order valence-electron chi connectivity index (χ0n) is 10.7. The van der Waals surface area contributed by atoms with Gasteiger partial charge < -0.3 is 10.5 Å². The third-order valence-corrected chi connectivity index (χ3v) is 3.92. The highest BCUT2D eigenvalue weighted by molar-refractivity contribution is 9.10. The molecule has 0 spiro atoms. The van der Waals surface area contributed by atoms with Gasteiger partial charge in [-0.2, -0.15) is 5.10 Å². The van der Waals surface area contributed by atoms with Crippen molar-refractivity contribution in [3.8, 4) is 11.4 Å². The van der Waals surface area contributed by atoms with Crippen molar-refractivity contribution in [3.63, 3.8) is 0 Å². The molecule has 0 amide bonds. The monoisotopic (exact) mass is 309 g/mol. The lowest BCUT2D eigenvalue weighted by atomic mass is 10.2. The molecule has 2 aromatic rings. The van der Waals surface area contributed by atoms with E-state index in [2.05, 4.69) is 21.0 Å². The molecule has 96 valence electrons. The molecule has 0 radical (unpaired) electrons. The number of nitrogen functional groups attached to an aromatic ring is 1. The molecule has 0 bridgehead atoms. The number of rotatable bonds is 3. The second kappa shape index (κ2) is 5.02. The molecule has 4 nitrogen and oxygen atoms in total. The molecule has 0 aliphatic carbocycles. The minimum absolute atomic E-state index is 0.592. The Kier molecular flexibility index (Phi) is 3.61. The number of hydrogen-bond donors (Lipinski definition) is 1. The summed E-state index contributed by atoms with van der Waals surface area (Å²) < 4.78 is 8.33. The highest BCUT2D eigenvalue weighted by atomic mass is 79.9. The third-order valence-electron chi connectivity index (χ3n) is 2.77. The first-order valence-corrected chi connectivity index (χ1v) is 6.59. The van der Waals surface area contributed by atoms with E-state index in [1.54, 1.807) is 0 Å². The van der Waals surface area contributed by atoms with Gasteiger partial charge in [-0.05, 0) is 48.8 Å². The third kappa shape index (κ3) is 2.10. The molecule has 0 atom stereocenters. The van der Waals surface area contributed by atoms with E-state index in [9.17, 15) is 0 Å². The fraction of sp³-hybridized carbons (Fsp3) is 0.308. The van der Waals surface area contributed by atoms with Gasteiger partial charge in [0, 0.05) is 0 Å². The van der Waals surface area contributed by atoms with Crippen molar-refractivity contribution in [2.45, 2.75) is 20.8 Å². The molecule has 0 unspecified atom stereocenters. The van der Waals surface area contributed by atoms with E-state index < -0.39 is 0 Å². The lowest BCUT2D eigenvalue weighted by Gasteiger charge is -2.12. The Hall–Kier alpha value is -1.49. The molecule has 0 aliphatic rings. The van der Waals surface area contributed by atoms with Crippen LogP contribution in [0.4, 0.5) is 5.69 Å². The van der Waals surface area contributed by atoms with Crippen LogP contribution in [0.15, 0.2) is 22.7 Å². The van der Waals surface area contributed by atoms with E-state index in [4.69, 9.17) is 10.5 Å². The molecular weight excluding hydrogens is 294 g/mol. The molecule has 0 fully saturated rings. The summed E-state index contributed by atoms with van der Waals surface area (Å²) in [5.74, 6) is 0.693. The van der Waals surface area contributed by atoms with Crippen molar-refractivity contribution >= 4 is 21.6 Å². The van der Waals surface area contributed by atoms with Crippen molar-refractivity contribution < 1.29 is 4.74 Å². The normalized spacial score (nSPS) is 10.7. The number of benzene rings is 1. The van der Waals surface area contributed by atoms with Crippen LogP contribution < -0.4 is 10.5 Å². The Morgan fingerprint density at radius 3 is 2.67 bits per heavy atom. The lowest BCUT2D eigenvalue weighted by molar-refractivity contribution is 0.342. The first-order chi connectivity index (χ1) is 8.56. The van der Waals surface area contributed by atoms with Crippen molar-refractivity contribution in [1.82, 2.24) is 9.78 Å². The average molecular weight is 310 g/mol. The van der Waals surface area contributed by atoms with E-state index in [1.165, 1.54) is 0 Å². The summed E-state index contributed by atoms with van der Waals surface area (Å²) in [6, 6.07) is 5.72. The summed E-state index contributed by atoms with van der Waals surface area (Å²) in [6.07, 6.45) is 0. The van der Waals surface area contributed by atoms with Gasteiger partial charge in [-0.25, -0.2) is 4.68 Å². The number of anilines is 1. The number of halogens is 1. The minimum Gasteiger partial charge on any atom is -0.492 e. The van der Waals surface area contributed by atoms with Crippen LogP contribution in [-0.2, 0) is 0 Å². The molecular formula is C13H16BrN3O. The number of nitrogens with two attached hydrogens (primary N) is 1. The number of nitrogens with zero attached hydrogens (tertiary/aromatic N) is 2. The van der Waals surface area contributed by atoms with Gasteiger partial charge in [0.05, 0.1) is 28.2 Å². The fourth-order valence-electron chi connectivity index (χ4n) is 1.86. The second-order valence-electron chi connectivity index (χ2n) is 4.02. The van der Waals surface area contributed by atoms with Crippen LogP contribution in [0.25, 0.3) is 5.69 Å². The molecule has 5 heteroatoms. The molecule has 0 saturated heterocycles. The van der Waals surface area contributed by atoms with Gasteiger partial charge in [0.2, 0.25) is 0 Å². The molecule has 1 aromatic heterocycles. The number of aromatic nitrogens is 2. The lowest BCUT2D eigenvalue weighted by Crippen LogP contribution is -2.05. The standard InChI is InChI=1S/C13H16BrN3O/c1-4-18-11-7-5-6-10(13(11)15)17-9(3)12(14)8(2)16-17/h5-7H,4,15H2,1-3H3. The first-order valence-electron chi connectivity index (χ1n) is 5.79. The predicted octanol–water partition coefficient (Wildman–Crippen LogP) is 3.23. The van der Waals surface area contributed by atoms with Gasteiger partial charge in [0.15, 0.2) is 0 Å². The van der Waals surface area contributed by atoms with E-state index in [0.29, 0.717) is 18.0 Å². The van der Waals surface area contributed by atoms with Gasteiger partial charge >= 0.3 is 0 Å². The molecule has 0 aliphatic heterocycles. The van der Waals surface area contributed by atoms with Gasteiger partial charge in [0.25, 0.3) is 0 Å². The average Bonchev–Trinajstić information content (AvgIpc) is 2.60. The van der Waals surface area contributed by atoms with Crippen LogP contribution in [0, 0.1) is 13.8 Å². The number of aryl methyl sites for hydroxylation is 1. The summed E-state index contributed by atoms with van der Waals surface area (Å²) in [7, 11) is 0. The zero-order valence-corrected chi connectivity index (χ0v) is 12.3. The van der Waals surface area contributed by atoms with Crippen molar-refractivity contribution in [3.05, 3.63) is 34.1 Å². The summed E-state index contributed by atoms with van der Waals surface area (Å²) in [5.41, 5.74) is 9.54. The van der Waals surface area contributed by atoms with Crippen LogP contribution in [-0.4, -0.2) is 16.4 Å². The number of hydrogen-bond acceptors (Lipinski definition) is 3. The molecule has 1 aromatic carbocycles.